The van der Waals surface area contributed by atoms with Crippen molar-refractivity contribution in [3.8, 4) is 33.8 Å². The number of rotatable bonds is 24. The number of methoxy groups -OCH3 is 1. The number of nitrogens with zero attached hydrogens (tertiary/aromatic N) is 1. The molecule has 0 aliphatic heterocycles. The minimum Gasteiger partial charge on any atom is -0.496 e. The molecule has 1 unspecified atom stereocenters. The van der Waals surface area contributed by atoms with E-state index in [1.54, 1.807) is 7.11 Å². The van der Waals surface area contributed by atoms with Gasteiger partial charge in [-0.25, -0.2) is 0 Å². The Morgan fingerprint density at radius 2 is 1.06 bits per heavy atom. The van der Waals surface area contributed by atoms with Crippen LogP contribution in [0.4, 0.5) is 17.1 Å². The van der Waals surface area contributed by atoms with E-state index < -0.39 is 0 Å². The minimum absolute atomic E-state index is 0.104. The molecule has 0 radical (unpaired) electrons. The molecule has 0 heterocycles. The maximum absolute atomic E-state index is 6.61. The second-order valence-electron chi connectivity index (χ2n) is 21.1. The van der Waals surface area contributed by atoms with Gasteiger partial charge in [-0.15, -0.1) is 0 Å². The molecule has 3 nitrogen and oxygen atoms in total. The Bertz CT molecular complexity index is 2500. The average molecular weight is 908 g/mol. The van der Waals surface area contributed by atoms with E-state index in [9.17, 15) is 0 Å². The normalized spacial score (nSPS) is 12.6. The maximum Gasteiger partial charge on any atom is 0.127 e. The fourth-order valence-electron chi connectivity index (χ4n) is 9.18. The van der Waals surface area contributed by atoms with E-state index in [0.29, 0.717) is 12.5 Å². The first kappa shape index (κ1) is 51.6. The van der Waals surface area contributed by atoms with E-state index in [1.165, 1.54) is 78.3 Å². The fraction of sp³-hybridized carbons (Fsp3) is 0.385. The summed E-state index contributed by atoms with van der Waals surface area (Å²) >= 11 is 0. The summed E-state index contributed by atoms with van der Waals surface area (Å²) in [7, 11) is 1.76. The van der Waals surface area contributed by atoms with Gasteiger partial charge in [-0.05, 0) is 131 Å². The summed E-state index contributed by atoms with van der Waals surface area (Å²) in [4.78, 5) is 2.34. The number of ether oxygens (including phenoxy) is 2. The molecular formula is C65H81NO2. The van der Waals surface area contributed by atoms with Crippen molar-refractivity contribution in [1.82, 2.24) is 0 Å². The van der Waals surface area contributed by atoms with Crippen LogP contribution >= 0.6 is 0 Å². The lowest BCUT2D eigenvalue weighted by molar-refractivity contribution is 0.275. The van der Waals surface area contributed by atoms with Crippen molar-refractivity contribution < 1.29 is 9.47 Å². The first-order valence-corrected chi connectivity index (χ1v) is 25.7. The van der Waals surface area contributed by atoms with Crippen LogP contribution in [0.2, 0.25) is 0 Å². The molecule has 0 saturated carbocycles. The van der Waals surface area contributed by atoms with Gasteiger partial charge in [-0.2, -0.15) is 0 Å². The van der Waals surface area contributed by atoms with Gasteiger partial charge < -0.3 is 14.4 Å². The van der Waals surface area contributed by atoms with Crippen molar-refractivity contribution in [3.05, 3.63) is 167 Å². The van der Waals surface area contributed by atoms with Crippen LogP contribution in [-0.4, -0.2) is 13.7 Å². The Morgan fingerprint density at radius 1 is 0.544 bits per heavy atom. The average Bonchev–Trinajstić information content (AvgIpc) is 3.33. The van der Waals surface area contributed by atoms with Crippen molar-refractivity contribution in [2.45, 2.75) is 132 Å². The molecule has 0 aliphatic rings. The fourth-order valence-corrected chi connectivity index (χ4v) is 9.18. The molecule has 0 saturated heterocycles. The lowest BCUT2D eigenvalue weighted by Crippen LogP contribution is -2.16. The van der Waals surface area contributed by atoms with Gasteiger partial charge >= 0.3 is 0 Å². The summed E-state index contributed by atoms with van der Waals surface area (Å²) < 4.78 is 12.6. The van der Waals surface area contributed by atoms with Gasteiger partial charge in [0, 0.05) is 28.2 Å². The summed E-state index contributed by atoms with van der Waals surface area (Å²) in [6.07, 6.45) is 19.7. The molecule has 358 valence electrons. The number of aryl methyl sites for hydroxylation is 1. The highest BCUT2D eigenvalue weighted by Gasteiger charge is 2.20. The standard InChI is InChI=1S/C65H81NO2/c1-12-14-43-64(7,8)44-40-57-46-62(67-11)56(47-63(57)68-45-41-49(5)17-15-16-48(3)4)25-22-51-20-23-52(24-21-51)54-28-36-60(37-29-54)66(59-34-18-50(6)19-35-59)61-38-30-55(31-39-61)53-26-32-58(33-27-53)65(9,10)42-13-2/h18-40,44,46-49H,12-17,41-43,45H2,1-11H3. The van der Waals surface area contributed by atoms with Crippen molar-refractivity contribution in [2.24, 2.45) is 17.3 Å². The van der Waals surface area contributed by atoms with Crippen LogP contribution in [0.1, 0.15) is 148 Å². The van der Waals surface area contributed by atoms with Gasteiger partial charge in [0.1, 0.15) is 11.5 Å². The van der Waals surface area contributed by atoms with Crippen molar-refractivity contribution in [3.63, 3.8) is 0 Å². The van der Waals surface area contributed by atoms with E-state index in [1.807, 2.05) is 0 Å². The van der Waals surface area contributed by atoms with Crippen molar-refractivity contribution >= 4 is 35.3 Å². The molecule has 0 aromatic heterocycles. The van der Waals surface area contributed by atoms with Gasteiger partial charge in [-0.1, -0.05) is 216 Å². The summed E-state index contributed by atoms with van der Waals surface area (Å²) in [5.74, 6) is 3.14. The SMILES string of the molecule is CCCCC(C)(C)C=Cc1cc(OC)c(C=Cc2ccc(-c3ccc(N(c4ccc(C)cc4)c4ccc(-c5ccc(C(C)(C)CCC)cc5)cc4)cc3)cc2)cc1OCCC(C)CCCC(C)C. The van der Waals surface area contributed by atoms with Crippen LogP contribution in [0.5, 0.6) is 11.5 Å². The highest BCUT2D eigenvalue weighted by Crippen LogP contribution is 2.39. The second-order valence-corrected chi connectivity index (χ2v) is 21.1. The summed E-state index contributed by atoms with van der Waals surface area (Å²) in [6.45, 7) is 23.7. The number of anilines is 3. The molecule has 0 fully saturated rings. The second kappa shape index (κ2) is 24.5. The van der Waals surface area contributed by atoms with Gasteiger partial charge in [0.25, 0.3) is 0 Å². The molecule has 6 aromatic carbocycles. The van der Waals surface area contributed by atoms with Crippen molar-refractivity contribution in [2.75, 3.05) is 18.6 Å². The lowest BCUT2D eigenvalue weighted by Gasteiger charge is -2.26. The maximum atomic E-state index is 6.61. The van der Waals surface area contributed by atoms with Crippen LogP contribution in [0.25, 0.3) is 40.5 Å². The Morgan fingerprint density at radius 3 is 1.59 bits per heavy atom. The van der Waals surface area contributed by atoms with Crippen LogP contribution in [0, 0.1) is 24.2 Å². The molecule has 0 N–H and O–H groups in total. The molecule has 6 aromatic rings. The zero-order valence-corrected chi connectivity index (χ0v) is 43.5. The number of allylic oxidation sites excluding steroid dienone is 1. The Labute approximate surface area is 412 Å². The molecular weight excluding hydrogens is 827 g/mol. The number of unbranched alkanes of at least 4 members (excludes halogenated alkanes) is 1. The van der Waals surface area contributed by atoms with E-state index >= 15 is 0 Å². The van der Waals surface area contributed by atoms with Crippen LogP contribution < -0.4 is 14.4 Å². The zero-order valence-electron chi connectivity index (χ0n) is 43.5. The highest BCUT2D eigenvalue weighted by molar-refractivity contribution is 5.81. The molecule has 0 bridgehead atoms. The summed E-state index contributed by atoms with van der Waals surface area (Å²) in [6, 6.07) is 49.0. The number of hydrogen-bond acceptors (Lipinski definition) is 3. The molecule has 3 heteroatoms. The monoisotopic (exact) mass is 908 g/mol. The highest BCUT2D eigenvalue weighted by atomic mass is 16.5. The van der Waals surface area contributed by atoms with E-state index in [-0.39, 0.29) is 10.8 Å². The molecule has 1 atom stereocenters. The van der Waals surface area contributed by atoms with Gasteiger partial charge in [0.15, 0.2) is 0 Å². The number of hydrogen-bond donors (Lipinski definition) is 0. The third-order valence-electron chi connectivity index (χ3n) is 13.7. The largest absolute Gasteiger partial charge is 0.496 e. The van der Waals surface area contributed by atoms with Crippen LogP contribution in [0.15, 0.2) is 140 Å². The predicted octanol–water partition coefficient (Wildman–Crippen LogP) is 19.5. The van der Waals surface area contributed by atoms with Crippen LogP contribution in [-0.2, 0) is 5.41 Å². The topological polar surface area (TPSA) is 21.7 Å². The third kappa shape index (κ3) is 14.6. The van der Waals surface area contributed by atoms with E-state index in [4.69, 9.17) is 9.47 Å². The number of benzene rings is 6. The zero-order chi connectivity index (χ0) is 48.7. The van der Waals surface area contributed by atoms with Crippen molar-refractivity contribution in [1.29, 1.82) is 0 Å². The Hall–Kier alpha value is -5.80. The van der Waals surface area contributed by atoms with E-state index in [2.05, 4.69) is 232 Å². The quantitative estimate of drug-likeness (QED) is 0.0565. The molecule has 68 heavy (non-hydrogen) atoms. The molecule has 0 spiro atoms. The Kier molecular flexibility index (Phi) is 18.6. The van der Waals surface area contributed by atoms with E-state index in [0.717, 1.165) is 64.0 Å². The lowest BCUT2D eigenvalue weighted by atomic mass is 9.80. The minimum atomic E-state index is 0.104. The van der Waals surface area contributed by atoms with Crippen LogP contribution in [0.3, 0.4) is 0 Å². The summed E-state index contributed by atoms with van der Waals surface area (Å²) in [5.41, 5.74) is 14.3. The molecule has 6 rings (SSSR count). The predicted molar refractivity (Wildman–Crippen MR) is 297 cm³/mol. The molecule has 0 aliphatic carbocycles. The van der Waals surface area contributed by atoms with Gasteiger partial charge in [-0.3, -0.25) is 0 Å². The summed E-state index contributed by atoms with van der Waals surface area (Å²) in [5, 5.41) is 0. The van der Waals surface area contributed by atoms with Gasteiger partial charge in [0.2, 0.25) is 0 Å². The third-order valence-corrected chi connectivity index (χ3v) is 13.7. The first-order valence-electron chi connectivity index (χ1n) is 25.7. The Balaban J connectivity index is 1.19. The smallest absolute Gasteiger partial charge is 0.127 e. The van der Waals surface area contributed by atoms with Gasteiger partial charge in [0.05, 0.1) is 13.7 Å². The molecule has 0 amide bonds. The first-order chi connectivity index (χ1) is 32.7.